The number of halogens is 1. The van der Waals surface area contributed by atoms with Gasteiger partial charge in [0.25, 0.3) is 0 Å². The van der Waals surface area contributed by atoms with E-state index in [1.54, 1.807) is 20.8 Å². The number of nitrogens with zero attached hydrogens (tertiary/aromatic N) is 2. The number of hydrogen-bond donors (Lipinski definition) is 1. The van der Waals surface area contributed by atoms with Gasteiger partial charge >= 0.3 is 22.3 Å². The van der Waals surface area contributed by atoms with Gasteiger partial charge in [-0.15, -0.1) is 3.89 Å². The van der Waals surface area contributed by atoms with Crippen LogP contribution in [0.1, 0.15) is 40.0 Å². The van der Waals surface area contributed by atoms with Crippen LogP contribution in [0, 0.1) is 0 Å². The van der Waals surface area contributed by atoms with Gasteiger partial charge in [0.05, 0.1) is 0 Å². The molecule has 0 aromatic carbocycles. The molecule has 148 valence electrons. The predicted molar refractivity (Wildman–Crippen MR) is 87.6 cm³/mol. The van der Waals surface area contributed by atoms with Crippen LogP contribution in [0.2, 0.25) is 0 Å². The van der Waals surface area contributed by atoms with Gasteiger partial charge in [-0.3, -0.25) is 4.79 Å². The summed E-state index contributed by atoms with van der Waals surface area (Å²) in [7, 11) is -4.94. The number of ether oxygens (including phenoxy) is 1. The maximum atomic E-state index is 13.2. The van der Waals surface area contributed by atoms with Crippen molar-refractivity contribution in [2.24, 2.45) is 0 Å². The third-order valence-electron chi connectivity index (χ3n) is 4.64. The van der Waals surface area contributed by atoms with Crippen LogP contribution in [0.5, 0.6) is 0 Å². The summed E-state index contributed by atoms with van der Waals surface area (Å²) < 4.78 is 40.7. The van der Waals surface area contributed by atoms with Crippen molar-refractivity contribution in [3.63, 3.8) is 0 Å². The lowest BCUT2D eigenvalue weighted by atomic mass is 9.86. The Labute approximate surface area is 151 Å². The number of aliphatic carboxylic acids is 1. The van der Waals surface area contributed by atoms with Crippen molar-refractivity contribution in [2.75, 3.05) is 19.6 Å². The van der Waals surface area contributed by atoms with Crippen molar-refractivity contribution in [1.29, 1.82) is 0 Å². The summed E-state index contributed by atoms with van der Waals surface area (Å²) in [5.41, 5.74) is -2.36. The average Bonchev–Trinajstić information content (AvgIpc) is 2.88. The van der Waals surface area contributed by atoms with E-state index >= 15 is 0 Å². The molecule has 0 aromatic heterocycles. The summed E-state index contributed by atoms with van der Waals surface area (Å²) in [6.45, 7) is 4.66. The van der Waals surface area contributed by atoms with Gasteiger partial charge in [-0.05, 0) is 33.6 Å². The van der Waals surface area contributed by atoms with E-state index in [2.05, 4.69) is 0 Å². The van der Waals surface area contributed by atoms with Gasteiger partial charge < -0.3 is 19.6 Å². The van der Waals surface area contributed by atoms with Gasteiger partial charge in [0, 0.05) is 26.1 Å². The van der Waals surface area contributed by atoms with Crippen molar-refractivity contribution < 1.29 is 36.5 Å². The van der Waals surface area contributed by atoms with Gasteiger partial charge in [0.1, 0.15) is 16.4 Å². The second kappa shape index (κ2) is 6.67. The van der Waals surface area contributed by atoms with Gasteiger partial charge in [-0.2, -0.15) is 8.42 Å². The van der Waals surface area contributed by atoms with Crippen LogP contribution in [0.25, 0.3) is 0 Å². The molecule has 0 aliphatic carbocycles. The smallest absolute Gasteiger partial charge is 0.410 e. The third-order valence-corrected chi connectivity index (χ3v) is 5.76. The fraction of sp³-hybridized carbons (Fsp3) is 0.800. The summed E-state index contributed by atoms with van der Waals surface area (Å²) in [6, 6.07) is 0. The molecule has 2 fully saturated rings. The minimum absolute atomic E-state index is 0.0258. The SMILES string of the molecule is CC(C)(C)OC(=O)N1CCC(C(=O)O)(N2CC(S(=O)(=O)F)CC2=O)CC1. The van der Waals surface area contributed by atoms with E-state index in [4.69, 9.17) is 4.74 Å². The van der Waals surface area contributed by atoms with E-state index in [1.165, 1.54) is 4.90 Å². The number of carbonyl (C=O) groups excluding carboxylic acids is 2. The zero-order valence-electron chi connectivity index (χ0n) is 14.9. The van der Waals surface area contributed by atoms with Crippen LogP contribution in [0.3, 0.4) is 0 Å². The molecule has 1 unspecified atom stereocenters. The molecular weight excluding hydrogens is 371 g/mol. The number of carboxylic acid groups (broad SMARTS) is 1. The van der Waals surface area contributed by atoms with Crippen molar-refractivity contribution in [2.45, 2.75) is 56.4 Å². The van der Waals surface area contributed by atoms with Crippen LogP contribution in [0.15, 0.2) is 0 Å². The lowest BCUT2D eigenvalue weighted by Crippen LogP contribution is -2.61. The first-order chi connectivity index (χ1) is 11.8. The first kappa shape index (κ1) is 20.4. The van der Waals surface area contributed by atoms with Crippen molar-refractivity contribution >= 4 is 28.2 Å². The van der Waals surface area contributed by atoms with Gasteiger partial charge in [0.2, 0.25) is 5.91 Å². The van der Waals surface area contributed by atoms with E-state index in [9.17, 15) is 31.8 Å². The van der Waals surface area contributed by atoms with Crippen LogP contribution < -0.4 is 0 Å². The standard InChI is InChI=1S/C15H23FN2O7S/c1-14(2,3)25-13(22)17-6-4-15(5-7-17,12(20)21)18-9-10(8-11(18)19)26(16,23)24/h10H,4-9H2,1-3H3,(H,20,21). The van der Waals surface area contributed by atoms with E-state index < -0.39 is 57.5 Å². The fourth-order valence-electron chi connectivity index (χ4n) is 3.26. The zero-order valence-corrected chi connectivity index (χ0v) is 15.7. The van der Waals surface area contributed by atoms with Crippen LogP contribution in [-0.4, -0.2) is 77.3 Å². The molecule has 0 aromatic rings. The Morgan fingerprint density at radius 2 is 1.81 bits per heavy atom. The normalized spacial score (nSPS) is 23.8. The molecule has 2 rings (SSSR count). The molecule has 2 saturated heterocycles. The summed E-state index contributed by atoms with van der Waals surface area (Å²) >= 11 is 0. The lowest BCUT2D eigenvalue weighted by molar-refractivity contribution is -0.160. The number of carboxylic acids is 1. The minimum atomic E-state index is -4.94. The first-order valence-corrected chi connectivity index (χ1v) is 9.66. The number of amides is 2. The largest absolute Gasteiger partial charge is 0.479 e. The van der Waals surface area contributed by atoms with Crippen LogP contribution in [0.4, 0.5) is 8.68 Å². The van der Waals surface area contributed by atoms with Crippen LogP contribution in [-0.2, 0) is 24.5 Å². The number of carbonyl (C=O) groups is 3. The summed E-state index contributed by atoms with van der Waals surface area (Å²) in [6.07, 6.45) is -1.35. The Bertz CT molecular complexity index is 708. The summed E-state index contributed by atoms with van der Waals surface area (Å²) in [4.78, 5) is 38.5. The summed E-state index contributed by atoms with van der Waals surface area (Å²) in [5.74, 6) is -2.02. The second-order valence-electron chi connectivity index (χ2n) is 7.61. The average molecular weight is 394 g/mol. The molecular formula is C15H23FN2O7S. The summed E-state index contributed by atoms with van der Waals surface area (Å²) in [5, 5.41) is 8.14. The number of piperidine rings is 1. The second-order valence-corrected chi connectivity index (χ2v) is 9.23. The topological polar surface area (TPSA) is 121 Å². The zero-order chi connectivity index (χ0) is 19.9. The molecule has 2 aliphatic heterocycles. The Morgan fingerprint density at radius 1 is 1.27 bits per heavy atom. The first-order valence-electron chi connectivity index (χ1n) is 8.21. The monoisotopic (exact) mass is 394 g/mol. The van der Waals surface area contributed by atoms with Gasteiger partial charge in [-0.1, -0.05) is 0 Å². The molecule has 2 aliphatic rings. The maximum Gasteiger partial charge on any atom is 0.410 e. The molecule has 2 amide bonds. The Morgan fingerprint density at radius 3 is 2.19 bits per heavy atom. The molecule has 0 bridgehead atoms. The molecule has 0 saturated carbocycles. The number of likely N-dealkylation sites (tertiary alicyclic amines) is 2. The van der Waals surface area contributed by atoms with E-state index in [1.807, 2.05) is 0 Å². The maximum absolute atomic E-state index is 13.2. The van der Waals surface area contributed by atoms with Crippen LogP contribution >= 0.6 is 0 Å². The highest BCUT2D eigenvalue weighted by atomic mass is 32.3. The number of hydrogen-bond acceptors (Lipinski definition) is 6. The van der Waals surface area contributed by atoms with Crippen molar-refractivity contribution in [3.05, 3.63) is 0 Å². The minimum Gasteiger partial charge on any atom is -0.479 e. The predicted octanol–water partition coefficient (Wildman–Crippen LogP) is 0.741. The molecule has 0 spiro atoms. The Kier molecular flexibility index (Phi) is 5.24. The highest BCUT2D eigenvalue weighted by Crippen LogP contribution is 2.35. The number of rotatable bonds is 3. The molecule has 2 heterocycles. The molecule has 9 nitrogen and oxygen atoms in total. The van der Waals surface area contributed by atoms with Crippen molar-refractivity contribution in [1.82, 2.24) is 9.80 Å². The van der Waals surface area contributed by atoms with Gasteiger partial charge in [-0.25, -0.2) is 9.59 Å². The third kappa shape index (κ3) is 4.08. The molecule has 26 heavy (non-hydrogen) atoms. The molecule has 1 atom stereocenters. The van der Waals surface area contributed by atoms with E-state index in [-0.39, 0.29) is 25.9 Å². The van der Waals surface area contributed by atoms with E-state index in [0.717, 1.165) is 4.90 Å². The Balaban J connectivity index is 2.15. The molecule has 11 heteroatoms. The molecule has 0 radical (unpaired) electrons. The lowest BCUT2D eigenvalue weighted by Gasteiger charge is -2.44. The fourth-order valence-corrected chi connectivity index (χ4v) is 3.93. The van der Waals surface area contributed by atoms with Crippen molar-refractivity contribution in [3.8, 4) is 0 Å². The Hall–Kier alpha value is -1.91. The highest BCUT2D eigenvalue weighted by molar-refractivity contribution is 7.87. The molecule has 1 N–H and O–H groups in total. The highest BCUT2D eigenvalue weighted by Gasteiger charge is 2.54. The quantitative estimate of drug-likeness (QED) is 0.701. The van der Waals surface area contributed by atoms with Gasteiger partial charge in [0.15, 0.2) is 0 Å². The van der Waals surface area contributed by atoms with E-state index in [0.29, 0.717) is 0 Å².